The third-order valence-electron chi connectivity index (χ3n) is 6.97. The molecule has 2 N–H and O–H groups in total. The van der Waals surface area contributed by atoms with E-state index in [2.05, 4.69) is 41.4 Å². The summed E-state index contributed by atoms with van der Waals surface area (Å²) in [6.45, 7) is 1.73. The Morgan fingerprint density at radius 3 is 1.91 bits per heavy atom. The number of aryl methyl sites for hydroxylation is 1. The lowest BCUT2D eigenvalue weighted by Gasteiger charge is -2.38. The highest BCUT2D eigenvalue weighted by atomic mass is 32.1. The van der Waals surface area contributed by atoms with Crippen LogP contribution in [-0.4, -0.2) is 26.9 Å². The van der Waals surface area contributed by atoms with Crippen LogP contribution in [0.25, 0.3) is 0 Å². The fourth-order valence-corrected chi connectivity index (χ4v) is 5.46. The molecule has 3 aromatic carbocycles. The molecule has 0 saturated carbocycles. The van der Waals surface area contributed by atoms with Crippen molar-refractivity contribution in [2.24, 2.45) is 0 Å². The Bertz CT molecular complexity index is 1300. The van der Waals surface area contributed by atoms with Crippen molar-refractivity contribution < 1.29 is 9.84 Å². The first kappa shape index (κ1) is 23.4. The van der Waals surface area contributed by atoms with E-state index in [4.69, 9.17) is 17.0 Å². The van der Waals surface area contributed by atoms with Gasteiger partial charge in [-0.25, -0.2) is 0 Å². The molecule has 5 nitrogen and oxygen atoms in total. The Morgan fingerprint density at radius 1 is 0.943 bits per heavy atom. The molecule has 1 aromatic heterocycles. The second-order valence-corrected chi connectivity index (χ2v) is 9.51. The van der Waals surface area contributed by atoms with E-state index in [1.165, 1.54) is 0 Å². The van der Waals surface area contributed by atoms with E-state index in [9.17, 15) is 9.90 Å². The number of nitrogens with one attached hydrogen (secondary N) is 1. The fraction of sp³-hybridized carbons (Fsp3) is 0.241. The summed E-state index contributed by atoms with van der Waals surface area (Å²) in [6.07, 6.45) is 1.04. The monoisotopic (exact) mass is 484 g/mol. The van der Waals surface area contributed by atoms with Gasteiger partial charge in [-0.2, -0.15) is 0 Å². The van der Waals surface area contributed by atoms with Gasteiger partial charge in [0.25, 0.3) is 5.56 Å². The first-order chi connectivity index (χ1) is 17.0. The van der Waals surface area contributed by atoms with Crippen LogP contribution in [0, 0.1) is 11.7 Å². The first-order valence-corrected chi connectivity index (χ1v) is 12.2. The van der Waals surface area contributed by atoms with Gasteiger partial charge in [-0.05, 0) is 42.3 Å². The molecule has 5 rings (SSSR count). The summed E-state index contributed by atoms with van der Waals surface area (Å²) in [5, 5.41) is 11.2. The topological polar surface area (TPSA) is 67.2 Å². The molecule has 6 heteroatoms. The molecule has 0 unspecified atom stereocenters. The van der Waals surface area contributed by atoms with Gasteiger partial charge in [-0.3, -0.25) is 14.3 Å². The Kier molecular flexibility index (Phi) is 6.52. The Labute approximate surface area is 209 Å². The summed E-state index contributed by atoms with van der Waals surface area (Å²) in [4.78, 5) is 14.7. The van der Waals surface area contributed by atoms with Crippen LogP contribution in [0.15, 0.2) is 102 Å². The zero-order chi connectivity index (χ0) is 24.4. The highest BCUT2D eigenvalue weighted by Gasteiger charge is 2.44. The molecule has 178 valence electrons. The van der Waals surface area contributed by atoms with Gasteiger partial charge < -0.3 is 9.84 Å². The van der Waals surface area contributed by atoms with Crippen molar-refractivity contribution in [3.05, 3.63) is 135 Å². The molecule has 3 atom stereocenters. The van der Waals surface area contributed by atoms with Crippen molar-refractivity contribution in [1.29, 1.82) is 0 Å². The molecule has 0 spiro atoms. The van der Waals surface area contributed by atoms with Gasteiger partial charge in [0.1, 0.15) is 6.23 Å². The normalized spacial score (nSPS) is 20.1. The highest BCUT2D eigenvalue weighted by molar-refractivity contribution is 7.71. The molecule has 0 radical (unpaired) electrons. The zero-order valence-corrected chi connectivity index (χ0v) is 20.3. The van der Waals surface area contributed by atoms with Crippen LogP contribution in [0.5, 0.6) is 0 Å². The maximum Gasteiger partial charge on any atom is 0.254 e. The second kappa shape index (κ2) is 9.74. The Morgan fingerprint density at radius 2 is 1.43 bits per heavy atom. The zero-order valence-electron chi connectivity index (χ0n) is 19.5. The van der Waals surface area contributed by atoms with Crippen molar-refractivity contribution in [2.45, 2.75) is 43.6 Å². The van der Waals surface area contributed by atoms with Crippen LogP contribution in [-0.2, 0) is 10.2 Å². The summed E-state index contributed by atoms with van der Waals surface area (Å²) < 4.78 is 8.51. The Hall–Kier alpha value is -3.32. The van der Waals surface area contributed by atoms with E-state index < -0.39 is 23.9 Å². The molecule has 1 aliphatic rings. The van der Waals surface area contributed by atoms with Gasteiger partial charge in [-0.15, -0.1) is 0 Å². The summed E-state index contributed by atoms with van der Waals surface area (Å²) in [5.74, 6) is 0. The van der Waals surface area contributed by atoms with Gasteiger partial charge in [0.05, 0.1) is 12.2 Å². The van der Waals surface area contributed by atoms with E-state index in [1.807, 2.05) is 54.6 Å². The van der Waals surface area contributed by atoms with Crippen molar-refractivity contribution in [1.82, 2.24) is 9.55 Å². The molecule has 0 aliphatic carbocycles. The lowest BCUT2D eigenvalue weighted by Crippen LogP contribution is -2.37. The predicted octanol–water partition coefficient (Wildman–Crippen LogP) is 5.29. The minimum absolute atomic E-state index is 0.211. The second-order valence-electron chi connectivity index (χ2n) is 9.12. The minimum Gasteiger partial charge on any atom is -0.390 e. The van der Waals surface area contributed by atoms with Gasteiger partial charge in [0, 0.05) is 23.6 Å². The number of aliphatic hydroxyl groups is 1. The van der Waals surface area contributed by atoms with E-state index in [1.54, 1.807) is 17.7 Å². The van der Waals surface area contributed by atoms with E-state index >= 15 is 0 Å². The molecule has 35 heavy (non-hydrogen) atoms. The number of benzene rings is 3. The van der Waals surface area contributed by atoms with E-state index in [0.717, 1.165) is 16.7 Å². The first-order valence-electron chi connectivity index (χ1n) is 11.8. The number of aromatic amines is 1. The standard InChI is InChI=1S/C29H28N2O3S/c1-20-19-31(28(35)30-27(20)33)26-17-24(32)25(34-26)18-29(21-11-5-2-6-12-21,22-13-7-3-8-14-22)23-15-9-4-10-16-23/h2-16,19,24-26,32H,17-18H2,1H3,(H,30,33,35)/t24-,25+,26+/m0/s1. The molecule has 0 bridgehead atoms. The van der Waals surface area contributed by atoms with Crippen LogP contribution >= 0.6 is 12.2 Å². The smallest absolute Gasteiger partial charge is 0.254 e. The Balaban J connectivity index is 1.60. The number of ether oxygens (including phenoxy) is 1. The van der Waals surface area contributed by atoms with Crippen LogP contribution in [0.3, 0.4) is 0 Å². The number of H-pyrrole nitrogens is 1. The molecular weight excluding hydrogens is 456 g/mol. The molecule has 1 saturated heterocycles. The van der Waals surface area contributed by atoms with Gasteiger partial charge >= 0.3 is 0 Å². The predicted molar refractivity (Wildman–Crippen MR) is 139 cm³/mol. The molecular formula is C29H28N2O3S. The van der Waals surface area contributed by atoms with Crippen LogP contribution < -0.4 is 5.56 Å². The fourth-order valence-electron chi connectivity index (χ4n) is 5.19. The number of nitrogens with zero attached hydrogens (tertiary/aromatic N) is 1. The van der Waals surface area contributed by atoms with E-state index in [-0.39, 0.29) is 5.56 Å². The highest BCUT2D eigenvalue weighted by Crippen LogP contribution is 2.46. The van der Waals surface area contributed by atoms with E-state index in [0.29, 0.717) is 23.2 Å². The third-order valence-corrected chi connectivity index (χ3v) is 7.28. The minimum atomic E-state index is -0.690. The SMILES string of the molecule is Cc1cn([C@H]2C[C@H](O)[C@@H](CC(c3ccccc3)(c3ccccc3)c3ccccc3)O2)c(=S)[nH]c1=O. The summed E-state index contributed by atoms with van der Waals surface area (Å²) in [7, 11) is 0. The maximum absolute atomic E-state index is 12.0. The van der Waals surface area contributed by atoms with Crippen molar-refractivity contribution in [3.8, 4) is 0 Å². The third kappa shape index (κ3) is 4.41. The molecule has 0 amide bonds. The largest absolute Gasteiger partial charge is 0.390 e. The van der Waals surface area contributed by atoms with Crippen LogP contribution in [0.1, 0.15) is 41.3 Å². The number of rotatable bonds is 6. The van der Waals surface area contributed by atoms with Crippen molar-refractivity contribution in [3.63, 3.8) is 0 Å². The number of aromatic nitrogens is 2. The van der Waals surface area contributed by atoms with Gasteiger partial charge in [-0.1, -0.05) is 91.0 Å². The number of aliphatic hydroxyl groups excluding tert-OH is 1. The average molecular weight is 485 g/mol. The summed E-state index contributed by atoms with van der Waals surface area (Å²) in [5.41, 5.74) is 3.20. The summed E-state index contributed by atoms with van der Waals surface area (Å²) >= 11 is 5.40. The molecule has 1 aliphatic heterocycles. The number of hydrogen-bond donors (Lipinski definition) is 2. The average Bonchev–Trinajstić information content (AvgIpc) is 3.25. The van der Waals surface area contributed by atoms with Crippen LogP contribution in [0.2, 0.25) is 0 Å². The molecule has 4 aromatic rings. The quantitative estimate of drug-likeness (QED) is 0.288. The lowest BCUT2D eigenvalue weighted by atomic mass is 9.66. The van der Waals surface area contributed by atoms with Gasteiger partial charge in [0.15, 0.2) is 4.77 Å². The van der Waals surface area contributed by atoms with Gasteiger partial charge in [0.2, 0.25) is 0 Å². The molecule has 2 heterocycles. The maximum atomic E-state index is 12.0. The lowest BCUT2D eigenvalue weighted by molar-refractivity contribution is -0.0295. The van der Waals surface area contributed by atoms with Crippen LogP contribution in [0.4, 0.5) is 0 Å². The summed E-state index contributed by atoms with van der Waals surface area (Å²) in [6, 6.07) is 31.2. The molecule has 1 fully saturated rings. The number of hydrogen-bond acceptors (Lipinski definition) is 4. The van der Waals surface area contributed by atoms with Crippen molar-refractivity contribution >= 4 is 12.2 Å². The van der Waals surface area contributed by atoms with Crippen molar-refractivity contribution in [2.75, 3.05) is 0 Å².